The highest BCUT2D eigenvalue weighted by atomic mass is 16.5. The molecule has 0 spiro atoms. The number of likely N-dealkylation sites (tertiary alicyclic amines) is 1. The normalized spacial score (nSPS) is 14.0. The molecule has 0 saturated carbocycles. The van der Waals surface area contributed by atoms with E-state index in [1.165, 1.54) is 0 Å². The topological polar surface area (TPSA) is 86.3 Å². The molecule has 2 aromatic rings. The van der Waals surface area contributed by atoms with E-state index in [1.807, 2.05) is 0 Å². The van der Waals surface area contributed by atoms with Crippen molar-refractivity contribution in [2.24, 2.45) is 5.92 Å². The third kappa shape index (κ3) is 5.20. The SMILES string of the molecule is COc1cc(OC)cc(C(=O)N2CCC(C(=O)Nc3ccc(OC)c(OC)c3)CC2)c1. The molecule has 0 bridgehead atoms. The summed E-state index contributed by atoms with van der Waals surface area (Å²) in [4.78, 5) is 27.4. The van der Waals surface area contributed by atoms with Crippen molar-refractivity contribution >= 4 is 17.5 Å². The summed E-state index contributed by atoms with van der Waals surface area (Å²) in [5, 5.41) is 2.93. The highest BCUT2D eigenvalue weighted by Gasteiger charge is 2.28. The van der Waals surface area contributed by atoms with E-state index >= 15 is 0 Å². The van der Waals surface area contributed by atoms with Gasteiger partial charge in [0.1, 0.15) is 11.5 Å². The summed E-state index contributed by atoms with van der Waals surface area (Å²) in [6.45, 7) is 1.00. The van der Waals surface area contributed by atoms with Gasteiger partial charge in [0, 0.05) is 42.4 Å². The summed E-state index contributed by atoms with van der Waals surface area (Å²) >= 11 is 0. The zero-order chi connectivity index (χ0) is 22.4. The fraction of sp³-hybridized carbons (Fsp3) is 0.391. The molecule has 166 valence electrons. The van der Waals surface area contributed by atoms with E-state index in [9.17, 15) is 9.59 Å². The maximum atomic E-state index is 12.9. The van der Waals surface area contributed by atoms with E-state index in [-0.39, 0.29) is 17.7 Å². The lowest BCUT2D eigenvalue weighted by Gasteiger charge is -2.31. The number of hydrogen-bond acceptors (Lipinski definition) is 6. The van der Waals surface area contributed by atoms with Crippen LogP contribution in [-0.2, 0) is 4.79 Å². The Balaban J connectivity index is 1.60. The molecule has 0 aromatic heterocycles. The molecule has 0 atom stereocenters. The van der Waals surface area contributed by atoms with E-state index in [2.05, 4.69) is 5.32 Å². The minimum Gasteiger partial charge on any atom is -0.497 e. The summed E-state index contributed by atoms with van der Waals surface area (Å²) < 4.78 is 21.0. The number of piperidine rings is 1. The highest BCUT2D eigenvalue weighted by Crippen LogP contribution is 2.31. The van der Waals surface area contributed by atoms with Gasteiger partial charge in [0.15, 0.2) is 11.5 Å². The number of hydrogen-bond donors (Lipinski definition) is 1. The standard InChI is InChI=1S/C23H28N2O6/c1-28-18-11-16(12-19(14-18)29-2)23(27)25-9-7-15(8-10-25)22(26)24-17-5-6-20(30-3)21(13-17)31-4/h5-6,11-15H,7-10H2,1-4H3,(H,24,26). The van der Waals surface area contributed by atoms with Gasteiger partial charge in [-0.1, -0.05) is 0 Å². The van der Waals surface area contributed by atoms with E-state index in [4.69, 9.17) is 18.9 Å². The molecule has 1 aliphatic rings. The van der Waals surface area contributed by atoms with Crippen LogP contribution in [0.1, 0.15) is 23.2 Å². The Bertz CT molecular complexity index is 915. The number of nitrogens with one attached hydrogen (secondary N) is 1. The summed E-state index contributed by atoms with van der Waals surface area (Å²) in [6, 6.07) is 10.4. The maximum Gasteiger partial charge on any atom is 0.254 e. The predicted octanol–water partition coefficient (Wildman–Crippen LogP) is 3.21. The van der Waals surface area contributed by atoms with Crippen LogP contribution in [-0.4, -0.2) is 58.2 Å². The van der Waals surface area contributed by atoms with Gasteiger partial charge < -0.3 is 29.2 Å². The average Bonchev–Trinajstić information content (AvgIpc) is 2.83. The first-order valence-electron chi connectivity index (χ1n) is 10.0. The molecule has 1 heterocycles. The number of ether oxygens (including phenoxy) is 4. The predicted molar refractivity (Wildman–Crippen MR) is 116 cm³/mol. The van der Waals surface area contributed by atoms with Crippen molar-refractivity contribution in [1.29, 1.82) is 0 Å². The molecule has 2 aromatic carbocycles. The minimum absolute atomic E-state index is 0.0673. The largest absolute Gasteiger partial charge is 0.497 e. The molecule has 8 heteroatoms. The highest BCUT2D eigenvalue weighted by molar-refractivity contribution is 5.96. The van der Waals surface area contributed by atoms with Crippen molar-refractivity contribution in [3.63, 3.8) is 0 Å². The van der Waals surface area contributed by atoms with Crippen LogP contribution in [0, 0.1) is 5.92 Å². The lowest BCUT2D eigenvalue weighted by molar-refractivity contribution is -0.121. The van der Waals surface area contributed by atoms with Crippen molar-refractivity contribution < 1.29 is 28.5 Å². The number of benzene rings is 2. The Morgan fingerprint density at radius 2 is 1.45 bits per heavy atom. The Kier molecular flexibility index (Phi) is 7.23. The molecule has 1 saturated heterocycles. The Morgan fingerprint density at radius 1 is 0.839 bits per heavy atom. The van der Waals surface area contributed by atoms with Gasteiger partial charge in [-0.2, -0.15) is 0 Å². The number of carbonyl (C=O) groups is 2. The van der Waals surface area contributed by atoms with Crippen molar-refractivity contribution in [3.05, 3.63) is 42.0 Å². The van der Waals surface area contributed by atoms with Crippen LogP contribution in [0.25, 0.3) is 0 Å². The maximum absolute atomic E-state index is 12.9. The second kappa shape index (κ2) is 10.1. The van der Waals surface area contributed by atoms with Crippen LogP contribution in [0.15, 0.2) is 36.4 Å². The molecular formula is C23H28N2O6. The number of amides is 2. The summed E-state index contributed by atoms with van der Waals surface area (Å²) in [7, 11) is 6.21. The number of carbonyl (C=O) groups excluding carboxylic acids is 2. The lowest BCUT2D eigenvalue weighted by atomic mass is 9.95. The molecule has 0 unspecified atom stereocenters. The van der Waals surface area contributed by atoms with Crippen LogP contribution >= 0.6 is 0 Å². The van der Waals surface area contributed by atoms with E-state index < -0.39 is 0 Å². The third-order valence-corrected chi connectivity index (χ3v) is 5.40. The molecule has 2 amide bonds. The van der Waals surface area contributed by atoms with Gasteiger partial charge >= 0.3 is 0 Å². The monoisotopic (exact) mass is 428 g/mol. The molecule has 0 aliphatic carbocycles. The van der Waals surface area contributed by atoms with Crippen molar-refractivity contribution in [1.82, 2.24) is 4.90 Å². The smallest absolute Gasteiger partial charge is 0.254 e. The zero-order valence-corrected chi connectivity index (χ0v) is 18.3. The fourth-order valence-corrected chi connectivity index (χ4v) is 3.62. The van der Waals surface area contributed by atoms with Gasteiger partial charge in [-0.05, 0) is 37.1 Å². The van der Waals surface area contributed by atoms with E-state index in [0.717, 1.165) is 0 Å². The molecule has 1 aliphatic heterocycles. The average molecular weight is 428 g/mol. The van der Waals surface area contributed by atoms with Crippen molar-refractivity contribution in [3.8, 4) is 23.0 Å². The van der Waals surface area contributed by atoms with Crippen LogP contribution in [0.4, 0.5) is 5.69 Å². The number of methoxy groups -OCH3 is 4. The second-order valence-corrected chi connectivity index (χ2v) is 7.23. The second-order valence-electron chi connectivity index (χ2n) is 7.23. The van der Waals surface area contributed by atoms with Crippen LogP contribution in [0.5, 0.6) is 23.0 Å². The van der Waals surface area contributed by atoms with Crippen molar-refractivity contribution in [2.75, 3.05) is 46.8 Å². The molecule has 1 N–H and O–H groups in total. The number of rotatable bonds is 7. The van der Waals surface area contributed by atoms with Crippen LogP contribution in [0.2, 0.25) is 0 Å². The van der Waals surface area contributed by atoms with Gasteiger partial charge in [0.2, 0.25) is 5.91 Å². The molecule has 31 heavy (non-hydrogen) atoms. The molecule has 0 radical (unpaired) electrons. The third-order valence-electron chi connectivity index (χ3n) is 5.40. The van der Waals surface area contributed by atoms with Crippen LogP contribution in [0.3, 0.4) is 0 Å². The Morgan fingerprint density at radius 3 is 2.00 bits per heavy atom. The van der Waals surface area contributed by atoms with Crippen molar-refractivity contribution in [2.45, 2.75) is 12.8 Å². The first kappa shape index (κ1) is 22.3. The van der Waals surface area contributed by atoms with Crippen LogP contribution < -0.4 is 24.3 Å². The number of nitrogens with zero attached hydrogens (tertiary/aromatic N) is 1. The molecule has 8 nitrogen and oxygen atoms in total. The first-order chi connectivity index (χ1) is 15.0. The molecular weight excluding hydrogens is 400 g/mol. The summed E-state index contributed by atoms with van der Waals surface area (Å²) in [5.41, 5.74) is 1.15. The summed E-state index contributed by atoms with van der Waals surface area (Å²) in [5.74, 6) is 1.94. The lowest BCUT2D eigenvalue weighted by Crippen LogP contribution is -2.41. The first-order valence-corrected chi connectivity index (χ1v) is 10.0. The fourth-order valence-electron chi connectivity index (χ4n) is 3.62. The van der Waals surface area contributed by atoms with Gasteiger partial charge in [-0.3, -0.25) is 9.59 Å². The molecule has 3 rings (SSSR count). The van der Waals surface area contributed by atoms with Gasteiger partial charge in [0.25, 0.3) is 5.91 Å². The Hall–Kier alpha value is -3.42. The molecule has 1 fully saturated rings. The minimum atomic E-state index is -0.169. The quantitative estimate of drug-likeness (QED) is 0.729. The van der Waals surface area contributed by atoms with Gasteiger partial charge in [0.05, 0.1) is 28.4 Å². The number of anilines is 1. The zero-order valence-electron chi connectivity index (χ0n) is 18.3. The summed E-state index contributed by atoms with van der Waals surface area (Å²) in [6.07, 6.45) is 1.18. The van der Waals surface area contributed by atoms with E-state index in [1.54, 1.807) is 69.7 Å². The van der Waals surface area contributed by atoms with Gasteiger partial charge in [-0.15, -0.1) is 0 Å². The Labute approximate surface area is 182 Å². The van der Waals surface area contributed by atoms with Gasteiger partial charge in [-0.25, -0.2) is 0 Å². The van der Waals surface area contributed by atoms with E-state index in [0.29, 0.717) is 60.2 Å².